The molecule has 0 saturated carbocycles. The molecule has 7 heteroatoms. The summed E-state index contributed by atoms with van der Waals surface area (Å²) in [6, 6.07) is 22.8. The van der Waals surface area contributed by atoms with Gasteiger partial charge in [0.05, 0.1) is 5.41 Å². The van der Waals surface area contributed by atoms with Gasteiger partial charge in [-0.15, -0.1) is 0 Å². The summed E-state index contributed by atoms with van der Waals surface area (Å²) in [6.45, 7) is 0.372. The number of benzene rings is 3. The molecular weight excluding hydrogens is 420 g/mol. The van der Waals surface area contributed by atoms with Gasteiger partial charge in [0.15, 0.2) is 0 Å². The van der Waals surface area contributed by atoms with Crippen LogP contribution in [0, 0.1) is 0 Å². The van der Waals surface area contributed by atoms with Crippen molar-refractivity contribution in [3.63, 3.8) is 0 Å². The molecule has 0 unspecified atom stereocenters. The molecular formula is C23H21ClN2O3S. The van der Waals surface area contributed by atoms with Crippen molar-refractivity contribution in [3.05, 3.63) is 106 Å². The minimum Gasteiger partial charge on any atom is -0.337 e. The average molecular weight is 441 g/mol. The first-order valence-corrected chi connectivity index (χ1v) is 11.1. The maximum atomic E-state index is 12.6. The van der Waals surface area contributed by atoms with Crippen molar-refractivity contribution in [2.75, 3.05) is 11.8 Å². The van der Waals surface area contributed by atoms with Gasteiger partial charge in [-0.05, 0) is 47.5 Å². The highest BCUT2D eigenvalue weighted by Crippen LogP contribution is 2.18. The first kappa shape index (κ1) is 21.6. The van der Waals surface area contributed by atoms with Crippen LogP contribution < -0.4 is 4.72 Å². The topological polar surface area (TPSA) is 66.5 Å². The van der Waals surface area contributed by atoms with Gasteiger partial charge in [-0.25, -0.2) is 8.42 Å². The van der Waals surface area contributed by atoms with E-state index in [1.54, 1.807) is 42.3 Å². The minimum absolute atomic E-state index is 0.187. The van der Waals surface area contributed by atoms with Crippen LogP contribution in [0.4, 0.5) is 5.69 Å². The Morgan fingerprint density at radius 1 is 0.967 bits per heavy atom. The van der Waals surface area contributed by atoms with E-state index in [1.807, 2.05) is 48.5 Å². The third-order valence-electron chi connectivity index (χ3n) is 4.34. The first-order chi connectivity index (χ1) is 14.3. The number of halogens is 1. The molecule has 0 atom stereocenters. The average Bonchev–Trinajstić information content (AvgIpc) is 2.74. The number of carbonyl (C=O) groups excluding carboxylic acids is 1. The Labute approximate surface area is 181 Å². The van der Waals surface area contributed by atoms with Gasteiger partial charge in [-0.2, -0.15) is 0 Å². The van der Waals surface area contributed by atoms with Crippen LogP contribution in [0.5, 0.6) is 0 Å². The van der Waals surface area contributed by atoms with Gasteiger partial charge in [0.1, 0.15) is 0 Å². The summed E-state index contributed by atoms with van der Waals surface area (Å²) in [4.78, 5) is 14.2. The lowest BCUT2D eigenvalue weighted by molar-refractivity contribution is 0.0785. The van der Waals surface area contributed by atoms with Crippen molar-refractivity contribution in [2.45, 2.75) is 6.54 Å². The molecule has 0 spiro atoms. The molecule has 0 saturated heterocycles. The van der Waals surface area contributed by atoms with E-state index in [1.165, 1.54) is 6.08 Å². The van der Waals surface area contributed by atoms with Gasteiger partial charge >= 0.3 is 0 Å². The third-order valence-corrected chi connectivity index (χ3v) is 5.73. The highest BCUT2D eigenvalue weighted by atomic mass is 35.5. The van der Waals surface area contributed by atoms with Crippen LogP contribution in [0.2, 0.25) is 5.02 Å². The number of hydrogen-bond acceptors (Lipinski definition) is 3. The molecule has 1 amide bonds. The van der Waals surface area contributed by atoms with E-state index >= 15 is 0 Å². The number of rotatable bonds is 7. The second-order valence-corrected chi connectivity index (χ2v) is 8.66. The number of sulfonamides is 1. The summed E-state index contributed by atoms with van der Waals surface area (Å²) in [5.74, 6) is -0.187. The van der Waals surface area contributed by atoms with Gasteiger partial charge in [0.25, 0.3) is 15.9 Å². The zero-order chi connectivity index (χ0) is 21.6. The predicted molar refractivity (Wildman–Crippen MR) is 122 cm³/mol. The van der Waals surface area contributed by atoms with E-state index in [0.29, 0.717) is 22.8 Å². The summed E-state index contributed by atoms with van der Waals surface area (Å²) in [5.41, 5.74) is 2.46. The van der Waals surface area contributed by atoms with Crippen molar-refractivity contribution in [1.29, 1.82) is 0 Å². The van der Waals surface area contributed by atoms with Crippen LogP contribution in [0.15, 0.2) is 84.3 Å². The smallest absolute Gasteiger partial charge is 0.255 e. The van der Waals surface area contributed by atoms with Gasteiger partial charge in [0.2, 0.25) is 0 Å². The Kier molecular flexibility index (Phi) is 6.92. The van der Waals surface area contributed by atoms with E-state index in [2.05, 4.69) is 4.72 Å². The summed E-state index contributed by atoms with van der Waals surface area (Å²) in [7, 11) is -1.98. The fourth-order valence-electron chi connectivity index (χ4n) is 2.79. The predicted octanol–water partition coefficient (Wildman–Crippen LogP) is 5.02. The number of nitrogens with one attached hydrogen (secondary N) is 1. The molecule has 0 aliphatic heterocycles. The first-order valence-electron chi connectivity index (χ1n) is 9.19. The monoisotopic (exact) mass is 440 g/mol. The Morgan fingerprint density at radius 2 is 1.60 bits per heavy atom. The Morgan fingerprint density at radius 3 is 2.27 bits per heavy atom. The molecule has 0 radical (unpaired) electrons. The van der Waals surface area contributed by atoms with Crippen LogP contribution in [-0.2, 0) is 16.6 Å². The third kappa shape index (κ3) is 5.95. The van der Waals surface area contributed by atoms with E-state index in [4.69, 9.17) is 11.6 Å². The van der Waals surface area contributed by atoms with Gasteiger partial charge in [-0.1, -0.05) is 60.1 Å². The zero-order valence-electron chi connectivity index (χ0n) is 16.3. The maximum absolute atomic E-state index is 12.6. The van der Waals surface area contributed by atoms with Gasteiger partial charge < -0.3 is 4.90 Å². The fourth-order valence-corrected chi connectivity index (χ4v) is 3.85. The summed E-state index contributed by atoms with van der Waals surface area (Å²) >= 11 is 6.16. The largest absolute Gasteiger partial charge is 0.337 e. The highest BCUT2D eigenvalue weighted by Gasteiger charge is 2.14. The van der Waals surface area contributed by atoms with Crippen molar-refractivity contribution >= 4 is 39.3 Å². The molecule has 1 N–H and O–H groups in total. The molecule has 0 fully saturated rings. The molecule has 154 valence electrons. The molecule has 3 rings (SSSR count). The molecule has 3 aromatic carbocycles. The number of amides is 1. The minimum atomic E-state index is -3.67. The lowest BCUT2D eigenvalue weighted by atomic mass is 10.1. The number of carbonyl (C=O) groups is 1. The van der Waals surface area contributed by atoms with Crippen LogP contribution in [-0.4, -0.2) is 26.3 Å². The van der Waals surface area contributed by atoms with Crippen LogP contribution in [0.1, 0.15) is 21.5 Å². The zero-order valence-corrected chi connectivity index (χ0v) is 17.9. The highest BCUT2D eigenvalue weighted by molar-refractivity contribution is 7.95. The lowest BCUT2D eigenvalue weighted by Crippen LogP contribution is -2.26. The number of nitrogens with zero attached hydrogens (tertiary/aromatic N) is 1. The molecule has 5 nitrogen and oxygen atoms in total. The SMILES string of the molecule is CN(Cc1ccccc1Cl)C(=O)c1ccc(NS(=O)(=O)/C=C/c2ccccc2)cc1. The van der Waals surface area contributed by atoms with Gasteiger partial charge in [0, 0.05) is 29.9 Å². The van der Waals surface area contributed by atoms with E-state index < -0.39 is 10.0 Å². The Bertz CT molecular complexity index is 1140. The van der Waals surface area contributed by atoms with Gasteiger partial charge in [-0.3, -0.25) is 9.52 Å². The molecule has 0 heterocycles. The van der Waals surface area contributed by atoms with Crippen LogP contribution >= 0.6 is 11.6 Å². The normalized spacial score (nSPS) is 11.4. The fraction of sp³-hybridized carbons (Fsp3) is 0.0870. The molecule has 0 aromatic heterocycles. The second-order valence-electron chi connectivity index (χ2n) is 6.69. The number of anilines is 1. The standard InChI is InChI=1S/C23H21ClN2O3S/c1-26(17-20-9-5-6-10-22(20)24)23(27)19-11-13-21(14-12-19)25-30(28,29)16-15-18-7-3-2-4-8-18/h2-16,25H,17H2,1H3/b16-15+. The van der Waals surface area contributed by atoms with E-state index in [0.717, 1.165) is 16.5 Å². The van der Waals surface area contributed by atoms with Crippen molar-refractivity contribution in [2.24, 2.45) is 0 Å². The molecule has 3 aromatic rings. The summed E-state index contributed by atoms with van der Waals surface area (Å²) < 4.78 is 27.0. The lowest BCUT2D eigenvalue weighted by Gasteiger charge is -2.18. The van der Waals surface area contributed by atoms with Crippen LogP contribution in [0.25, 0.3) is 6.08 Å². The van der Waals surface area contributed by atoms with E-state index in [-0.39, 0.29) is 5.91 Å². The molecule has 0 aliphatic carbocycles. The second kappa shape index (κ2) is 9.61. The Balaban J connectivity index is 1.64. The Hall–Kier alpha value is -3.09. The molecule has 0 aliphatic rings. The van der Waals surface area contributed by atoms with E-state index in [9.17, 15) is 13.2 Å². The van der Waals surface area contributed by atoms with Crippen molar-refractivity contribution in [1.82, 2.24) is 4.90 Å². The quantitative estimate of drug-likeness (QED) is 0.560. The van der Waals surface area contributed by atoms with Crippen molar-refractivity contribution < 1.29 is 13.2 Å². The summed E-state index contributed by atoms with van der Waals surface area (Å²) in [6.07, 6.45) is 1.52. The summed E-state index contributed by atoms with van der Waals surface area (Å²) in [5, 5.41) is 1.71. The maximum Gasteiger partial charge on any atom is 0.255 e. The van der Waals surface area contributed by atoms with Crippen LogP contribution in [0.3, 0.4) is 0 Å². The molecule has 0 bridgehead atoms. The number of hydrogen-bond donors (Lipinski definition) is 1. The van der Waals surface area contributed by atoms with Crippen molar-refractivity contribution in [3.8, 4) is 0 Å². The molecule has 30 heavy (non-hydrogen) atoms.